The summed E-state index contributed by atoms with van der Waals surface area (Å²) in [6, 6.07) is 5.67. The third-order valence-electron chi connectivity index (χ3n) is 3.90. The molecule has 1 aromatic carbocycles. The number of alkyl halides is 3. The number of hydrogen-bond donors (Lipinski definition) is 1. The Hall–Kier alpha value is -1.07. The summed E-state index contributed by atoms with van der Waals surface area (Å²) in [6.45, 7) is 6.66. The fourth-order valence-electron chi connectivity index (χ4n) is 2.81. The van der Waals surface area contributed by atoms with Gasteiger partial charge < -0.3 is 10.1 Å². The van der Waals surface area contributed by atoms with Crippen LogP contribution in [0.3, 0.4) is 0 Å². The van der Waals surface area contributed by atoms with Gasteiger partial charge in [-0.3, -0.25) is 0 Å². The molecule has 0 spiro atoms. The second-order valence-electron chi connectivity index (χ2n) is 6.31. The molecule has 1 N–H and O–H groups in total. The van der Waals surface area contributed by atoms with Crippen LogP contribution in [-0.2, 0) is 10.9 Å². The molecule has 21 heavy (non-hydrogen) atoms. The third-order valence-corrected chi connectivity index (χ3v) is 3.90. The standard InChI is InChI=1S/C16H22F3NO/c1-11(20-14-7-8-21-15(2,3)10-14)12-5-4-6-13(9-12)16(17,18)19/h4-6,9,11,14,20H,7-8,10H2,1-3H3. The zero-order valence-corrected chi connectivity index (χ0v) is 12.6. The molecule has 0 amide bonds. The van der Waals surface area contributed by atoms with Gasteiger partial charge in [0, 0.05) is 18.7 Å². The molecule has 5 heteroatoms. The van der Waals surface area contributed by atoms with Crippen molar-refractivity contribution >= 4 is 0 Å². The minimum atomic E-state index is -4.30. The number of rotatable bonds is 3. The van der Waals surface area contributed by atoms with Gasteiger partial charge in [0.25, 0.3) is 0 Å². The van der Waals surface area contributed by atoms with Crippen molar-refractivity contribution in [2.75, 3.05) is 6.61 Å². The topological polar surface area (TPSA) is 21.3 Å². The Labute approximate surface area is 123 Å². The summed E-state index contributed by atoms with van der Waals surface area (Å²) in [6.07, 6.45) is -2.56. The third kappa shape index (κ3) is 4.45. The maximum Gasteiger partial charge on any atom is 0.416 e. The fraction of sp³-hybridized carbons (Fsp3) is 0.625. The molecule has 1 aromatic rings. The van der Waals surface area contributed by atoms with Crippen LogP contribution in [0.4, 0.5) is 13.2 Å². The van der Waals surface area contributed by atoms with E-state index in [9.17, 15) is 13.2 Å². The number of benzene rings is 1. The molecular weight excluding hydrogens is 279 g/mol. The molecule has 1 aliphatic heterocycles. The maximum atomic E-state index is 12.8. The molecule has 0 saturated carbocycles. The molecule has 0 aromatic heterocycles. The molecule has 2 atom stereocenters. The van der Waals surface area contributed by atoms with Crippen LogP contribution in [0.15, 0.2) is 24.3 Å². The molecule has 1 aliphatic rings. The van der Waals surface area contributed by atoms with Gasteiger partial charge in [-0.25, -0.2) is 0 Å². The van der Waals surface area contributed by atoms with Crippen molar-refractivity contribution in [3.63, 3.8) is 0 Å². The normalized spacial score (nSPS) is 23.8. The largest absolute Gasteiger partial charge is 0.416 e. The van der Waals surface area contributed by atoms with E-state index in [1.165, 1.54) is 12.1 Å². The van der Waals surface area contributed by atoms with Crippen LogP contribution in [0.25, 0.3) is 0 Å². The first-order valence-electron chi connectivity index (χ1n) is 7.24. The molecule has 1 fully saturated rings. The van der Waals surface area contributed by atoms with Crippen molar-refractivity contribution in [3.05, 3.63) is 35.4 Å². The lowest BCUT2D eigenvalue weighted by Crippen LogP contribution is -2.44. The highest BCUT2D eigenvalue weighted by Crippen LogP contribution is 2.31. The SMILES string of the molecule is CC(NC1CCOC(C)(C)C1)c1cccc(C(F)(F)F)c1. The zero-order valence-electron chi connectivity index (χ0n) is 12.6. The predicted molar refractivity (Wildman–Crippen MR) is 76.0 cm³/mol. The van der Waals surface area contributed by atoms with E-state index >= 15 is 0 Å². The number of nitrogens with one attached hydrogen (secondary N) is 1. The first kappa shape index (κ1) is 16.3. The van der Waals surface area contributed by atoms with E-state index in [1.807, 2.05) is 20.8 Å². The van der Waals surface area contributed by atoms with Gasteiger partial charge in [-0.1, -0.05) is 12.1 Å². The van der Waals surface area contributed by atoms with Crippen LogP contribution in [0.1, 0.15) is 50.8 Å². The Morgan fingerprint density at radius 3 is 2.67 bits per heavy atom. The lowest BCUT2D eigenvalue weighted by Gasteiger charge is -2.37. The molecule has 1 saturated heterocycles. The van der Waals surface area contributed by atoms with E-state index in [4.69, 9.17) is 4.74 Å². The Kier molecular flexibility index (Phi) is 4.63. The Morgan fingerprint density at radius 2 is 2.05 bits per heavy atom. The molecule has 0 aliphatic carbocycles. The van der Waals surface area contributed by atoms with E-state index < -0.39 is 11.7 Å². The summed E-state index contributed by atoms with van der Waals surface area (Å²) in [5, 5.41) is 3.42. The van der Waals surface area contributed by atoms with Crippen LogP contribution in [0.2, 0.25) is 0 Å². The molecule has 2 nitrogen and oxygen atoms in total. The van der Waals surface area contributed by atoms with Crippen molar-refractivity contribution in [2.45, 2.75) is 57.5 Å². The monoisotopic (exact) mass is 301 g/mol. The van der Waals surface area contributed by atoms with Gasteiger partial charge in [0.15, 0.2) is 0 Å². The lowest BCUT2D eigenvalue weighted by molar-refractivity contribution is -0.137. The quantitative estimate of drug-likeness (QED) is 0.898. The Morgan fingerprint density at radius 1 is 1.33 bits per heavy atom. The highest BCUT2D eigenvalue weighted by atomic mass is 19.4. The van der Waals surface area contributed by atoms with E-state index in [1.54, 1.807) is 6.07 Å². The van der Waals surface area contributed by atoms with Gasteiger partial charge in [0.2, 0.25) is 0 Å². The van der Waals surface area contributed by atoms with Crippen LogP contribution >= 0.6 is 0 Å². The van der Waals surface area contributed by atoms with E-state index in [-0.39, 0.29) is 17.7 Å². The molecule has 2 rings (SSSR count). The molecule has 0 bridgehead atoms. The van der Waals surface area contributed by atoms with Crippen molar-refractivity contribution in [3.8, 4) is 0 Å². The highest BCUT2D eigenvalue weighted by molar-refractivity contribution is 5.27. The summed E-state index contributed by atoms with van der Waals surface area (Å²) in [7, 11) is 0. The van der Waals surface area contributed by atoms with Crippen molar-refractivity contribution in [2.24, 2.45) is 0 Å². The Balaban J connectivity index is 2.05. The second-order valence-corrected chi connectivity index (χ2v) is 6.31. The highest BCUT2D eigenvalue weighted by Gasteiger charge is 2.32. The molecular formula is C16H22F3NO. The summed E-state index contributed by atoms with van der Waals surface area (Å²) < 4.78 is 43.9. The van der Waals surface area contributed by atoms with E-state index in [0.717, 1.165) is 18.9 Å². The average Bonchev–Trinajstić information content (AvgIpc) is 2.36. The molecule has 118 valence electrons. The minimum Gasteiger partial charge on any atom is -0.375 e. The van der Waals surface area contributed by atoms with Gasteiger partial charge in [0.05, 0.1) is 11.2 Å². The molecule has 0 radical (unpaired) electrons. The summed E-state index contributed by atoms with van der Waals surface area (Å²) in [5.41, 5.74) is -0.112. The van der Waals surface area contributed by atoms with Gasteiger partial charge >= 0.3 is 6.18 Å². The van der Waals surface area contributed by atoms with Crippen LogP contribution in [-0.4, -0.2) is 18.2 Å². The molecule has 2 unspecified atom stereocenters. The maximum absolute atomic E-state index is 12.8. The number of halogens is 3. The van der Waals surface area contributed by atoms with Crippen LogP contribution < -0.4 is 5.32 Å². The average molecular weight is 301 g/mol. The van der Waals surface area contributed by atoms with Crippen molar-refractivity contribution in [1.82, 2.24) is 5.32 Å². The van der Waals surface area contributed by atoms with Gasteiger partial charge in [-0.2, -0.15) is 13.2 Å². The smallest absolute Gasteiger partial charge is 0.375 e. The summed E-state index contributed by atoms with van der Waals surface area (Å²) in [4.78, 5) is 0. The summed E-state index contributed by atoms with van der Waals surface area (Å²) >= 11 is 0. The minimum absolute atomic E-state index is 0.119. The first-order valence-corrected chi connectivity index (χ1v) is 7.24. The van der Waals surface area contributed by atoms with Crippen molar-refractivity contribution in [1.29, 1.82) is 0 Å². The van der Waals surface area contributed by atoms with Gasteiger partial charge in [-0.15, -0.1) is 0 Å². The van der Waals surface area contributed by atoms with Gasteiger partial charge in [0.1, 0.15) is 0 Å². The fourth-order valence-corrected chi connectivity index (χ4v) is 2.81. The van der Waals surface area contributed by atoms with Crippen LogP contribution in [0, 0.1) is 0 Å². The number of ether oxygens (including phenoxy) is 1. The second kappa shape index (κ2) is 5.97. The number of hydrogen-bond acceptors (Lipinski definition) is 2. The van der Waals surface area contributed by atoms with E-state index in [0.29, 0.717) is 12.2 Å². The molecule has 1 heterocycles. The van der Waals surface area contributed by atoms with Crippen molar-refractivity contribution < 1.29 is 17.9 Å². The first-order chi connectivity index (χ1) is 9.67. The zero-order chi connectivity index (χ0) is 15.7. The van der Waals surface area contributed by atoms with E-state index in [2.05, 4.69) is 5.32 Å². The van der Waals surface area contributed by atoms with Crippen LogP contribution in [0.5, 0.6) is 0 Å². The predicted octanol–water partition coefficient (Wildman–Crippen LogP) is 4.31. The summed E-state index contributed by atoms with van der Waals surface area (Å²) in [5.74, 6) is 0. The Bertz CT molecular complexity index is 485. The lowest BCUT2D eigenvalue weighted by atomic mass is 9.93. The van der Waals surface area contributed by atoms with Gasteiger partial charge in [-0.05, 0) is 51.3 Å².